The molecule has 5 nitrogen and oxygen atoms in total. The van der Waals surface area contributed by atoms with Gasteiger partial charge in [0.05, 0.1) is 27.8 Å². The van der Waals surface area contributed by atoms with Crippen LogP contribution in [0.25, 0.3) is 0 Å². The summed E-state index contributed by atoms with van der Waals surface area (Å²) in [7, 11) is -0.995. The highest BCUT2D eigenvalue weighted by Crippen LogP contribution is 2.40. The molecule has 2 aliphatic heterocycles. The Morgan fingerprint density at radius 3 is 2.60 bits per heavy atom. The molecule has 3 aliphatic rings. The van der Waals surface area contributed by atoms with Gasteiger partial charge in [-0.25, -0.2) is 4.98 Å². The summed E-state index contributed by atoms with van der Waals surface area (Å²) in [5.41, 5.74) is 3.21. The van der Waals surface area contributed by atoms with Crippen molar-refractivity contribution in [3.05, 3.63) is 46.6 Å². The molecule has 0 spiro atoms. The minimum absolute atomic E-state index is 0.0970. The van der Waals surface area contributed by atoms with Gasteiger partial charge >= 0.3 is 0 Å². The van der Waals surface area contributed by atoms with Crippen molar-refractivity contribution < 1.29 is 9.32 Å². The first-order valence-corrected chi connectivity index (χ1v) is 12.6. The van der Waals surface area contributed by atoms with Gasteiger partial charge in [-0.3, -0.25) is 4.21 Å². The average Bonchev–Trinajstić information content (AvgIpc) is 3.12. The zero-order valence-corrected chi connectivity index (χ0v) is 18.6. The van der Waals surface area contributed by atoms with Crippen LogP contribution in [0.4, 0.5) is 11.5 Å². The Morgan fingerprint density at radius 1 is 1.23 bits per heavy atom. The molecular weight excluding hydrogens is 418 g/mol. The monoisotopic (exact) mass is 445 g/mol. The summed E-state index contributed by atoms with van der Waals surface area (Å²) in [6.07, 6.45) is 5.93. The predicted molar refractivity (Wildman–Crippen MR) is 122 cm³/mol. The maximum atomic E-state index is 12.6. The van der Waals surface area contributed by atoms with Gasteiger partial charge in [-0.1, -0.05) is 11.6 Å². The number of hydrogen-bond acceptors (Lipinski definition) is 5. The highest BCUT2D eigenvalue weighted by molar-refractivity contribution is 7.85. The van der Waals surface area contributed by atoms with Crippen LogP contribution in [0.5, 0.6) is 0 Å². The smallest absolute Gasteiger partial charge is 0.143 e. The summed E-state index contributed by atoms with van der Waals surface area (Å²) in [6, 6.07) is 10.3. The lowest BCUT2D eigenvalue weighted by atomic mass is 9.77. The SMILES string of the molecule is O=S1CCc2cc(C3CCN(c4ccc(Cl)cc4)CC3)nc(NC3(CO)CCC3)c21. The van der Waals surface area contributed by atoms with Gasteiger partial charge in [0.25, 0.3) is 0 Å². The molecule has 5 rings (SSSR count). The highest BCUT2D eigenvalue weighted by atomic mass is 35.5. The van der Waals surface area contributed by atoms with Gasteiger partial charge in [-0.15, -0.1) is 0 Å². The number of hydrogen-bond donors (Lipinski definition) is 2. The molecule has 1 unspecified atom stereocenters. The van der Waals surface area contributed by atoms with Crippen LogP contribution < -0.4 is 10.2 Å². The molecular formula is C23H28ClN3O2S. The summed E-state index contributed by atoms with van der Waals surface area (Å²) in [5, 5.41) is 14.2. The average molecular weight is 446 g/mol. The number of aromatic nitrogens is 1. The minimum Gasteiger partial charge on any atom is -0.394 e. The van der Waals surface area contributed by atoms with Crippen molar-refractivity contribution in [2.75, 3.05) is 35.7 Å². The summed E-state index contributed by atoms with van der Waals surface area (Å²) in [4.78, 5) is 8.27. The molecule has 1 saturated heterocycles. The highest BCUT2D eigenvalue weighted by Gasteiger charge is 2.38. The molecule has 0 amide bonds. The third-order valence-electron chi connectivity index (χ3n) is 6.96. The van der Waals surface area contributed by atoms with E-state index in [0.717, 1.165) is 73.0 Å². The Hall–Kier alpha value is -1.63. The van der Waals surface area contributed by atoms with Gasteiger partial charge in [0.1, 0.15) is 5.82 Å². The first kappa shape index (κ1) is 20.3. The minimum atomic E-state index is -0.995. The third-order valence-corrected chi connectivity index (χ3v) is 8.69. The number of fused-ring (bicyclic) bond motifs is 1. The molecule has 2 N–H and O–H groups in total. The van der Waals surface area contributed by atoms with E-state index in [0.29, 0.717) is 11.7 Å². The number of anilines is 2. The molecule has 3 heterocycles. The van der Waals surface area contributed by atoms with Gasteiger partial charge in [0.2, 0.25) is 0 Å². The normalized spacial score (nSPS) is 23.1. The Bertz CT molecular complexity index is 948. The van der Waals surface area contributed by atoms with Crippen LogP contribution in [0, 0.1) is 0 Å². The summed E-state index contributed by atoms with van der Waals surface area (Å²) < 4.78 is 12.6. The standard InChI is InChI=1S/C23H28ClN3O2S/c24-18-2-4-19(5-3-18)27-11-6-16(7-12-27)20-14-17-8-13-30(29)21(17)22(25-20)26-23(15-28)9-1-10-23/h2-5,14,16,28H,1,6-13,15H2,(H,25,26). The lowest BCUT2D eigenvalue weighted by Crippen LogP contribution is -2.48. The maximum Gasteiger partial charge on any atom is 0.143 e. The van der Waals surface area contributed by atoms with Crippen molar-refractivity contribution in [3.63, 3.8) is 0 Å². The second kappa shape index (κ2) is 8.13. The first-order valence-electron chi connectivity index (χ1n) is 10.9. The zero-order valence-electron chi connectivity index (χ0n) is 17.1. The van der Waals surface area contributed by atoms with E-state index in [-0.39, 0.29) is 12.1 Å². The number of pyridine rings is 1. The van der Waals surface area contributed by atoms with Gasteiger partial charge in [0, 0.05) is 41.2 Å². The largest absolute Gasteiger partial charge is 0.394 e. The summed E-state index contributed by atoms with van der Waals surface area (Å²) in [5.74, 6) is 1.84. The second-order valence-electron chi connectivity index (χ2n) is 8.84. The van der Waals surface area contributed by atoms with E-state index >= 15 is 0 Å². The zero-order chi connectivity index (χ0) is 20.7. The van der Waals surface area contributed by atoms with Crippen molar-refractivity contribution in [1.29, 1.82) is 0 Å². The van der Waals surface area contributed by atoms with E-state index in [9.17, 15) is 9.32 Å². The van der Waals surface area contributed by atoms with E-state index in [4.69, 9.17) is 16.6 Å². The predicted octanol–water partition coefficient (Wildman–Crippen LogP) is 4.11. The number of nitrogens with zero attached hydrogens (tertiary/aromatic N) is 2. The molecule has 30 heavy (non-hydrogen) atoms. The molecule has 1 aliphatic carbocycles. The molecule has 160 valence electrons. The molecule has 1 atom stereocenters. The molecule has 1 saturated carbocycles. The van der Waals surface area contributed by atoms with E-state index in [2.05, 4.69) is 28.4 Å². The number of aliphatic hydroxyl groups is 1. The van der Waals surface area contributed by atoms with E-state index in [1.54, 1.807) is 0 Å². The first-order chi connectivity index (χ1) is 14.6. The van der Waals surface area contributed by atoms with Crippen molar-refractivity contribution >= 4 is 33.9 Å². The van der Waals surface area contributed by atoms with Crippen LogP contribution in [0.2, 0.25) is 5.02 Å². The quantitative estimate of drug-likeness (QED) is 0.725. The fraction of sp³-hybridized carbons (Fsp3) is 0.522. The van der Waals surface area contributed by atoms with Crippen LogP contribution in [0.1, 0.15) is 49.3 Å². The summed E-state index contributed by atoms with van der Waals surface area (Å²) in [6.45, 7) is 2.07. The molecule has 2 fully saturated rings. The van der Waals surface area contributed by atoms with Crippen molar-refractivity contribution in [2.24, 2.45) is 0 Å². The number of nitrogens with one attached hydrogen (secondary N) is 1. The Kier molecular flexibility index (Phi) is 5.50. The Morgan fingerprint density at radius 2 is 1.97 bits per heavy atom. The van der Waals surface area contributed by atoms with Crippen LogP contribution in [0.15, 0.2) is 35.2 Å². The van der Waals surface area contributed by atoms with Crippen LogP contribution in [-0.4, -0.2) is 45.3 Å². The molecule has 1 aromatic carbocycles. The van der Waals surface area contributed by atoms with Crippen molar-refractivity contribution in [1.82, 2.24) is 4.98 Å². The number of rotatable bonds is 5. The number of halogens is 1. The van der Waals surface area contributed by atoms with Crippen LogP contribution >= 0.6 is 11.6 Å². The number of aliphatic hydroxyl groups excluding tert-OH is 1. The molecule has 2 aromatic rings. The fourth-order valence-electron chi connectivity index (χ4n) is 4.91. The van der Waals surface area contributed by atoms with Crippen LogP contribution in [0.3, 0.4) is 0 Å². The number of benzene rings is 1. The fourth-order valence-corrected chi connectivity index (χ4v) is 6.41. The van der Waals surface area contributed by atoms with E-state index < -0.39 is 10.8 Å². The maximum absolute atomic E-state index is 12.6. The lowest BCUT2D eigenvalue weighted by Gasteiger charge is -2.42. The van der Waals surface area contributed by atoms with Crippen LogP contribution in [-0.2, 0) is 17.2 Å². The molecule has 7 heteroatoms. The third kappa shape index (κ3) is 3.74. The van der Waals surface area contributed by atoms with Gasteiger partial charge in [0.15, 0.2) is 0 Å². The Balaban J connectivity index is 1.37. The topological polar surface area (TPSA) is 65.5 Å². The van der Waals surface area contributed by atoms with Gasteiger partial charge in [-0.2, -0.15) is 0 Å². The van der Waals surface area contributed by atoms with Crippen molar-refractivity contribution in [2.45, 2.75) is 54.9 Å². The van der Waals surface area contributed by atoms with E-state index in [1.807, 2.05) is 12.1 Å². The summed E-state index contributed by atoms with van der Waals surface area (Å²) >= 11 is 6.03. The molecule has 0 radical (unpaired) electrons. The molecule has 0 bridgehead atoms. The molecule has 1 aromatic heterocycles. The van der Waals surface area contributed by atoms with Gasteiger partial charge in [-0.05, 0) is 74.4 Å². The number of aryl methyl sites for hydroxylation is 1. The lowest BCUT2D eigenvalue weighted by molar-refractivity contribution is 0.143. The Labute approximate surface area is 185 Å². The number of piperidine rings is 1. The second-order valence-corrected chi connectivity index (χ2v) is 10.8. The van der Waals surface area contributed by atoms with Gasteiger partial charge < -0.3 is 15.3 Å². The van der Waals surface area contributed by atoms with Crippen molar-refractivity contribution in [3.8, 4) is 0 Å². The van der Waals surface area contributed by atoms with E-state index in [1.165, 1.54) is 11.3 Å².